The van der Waals surface area contributed by atoms with Gasteiger partial charge in [-0.1, -0.05) is 6.07 Å². The maximum absolute atomic E-state index is 11.2. The number of hydrogen-bond acceptors (Lipinski definition) is 2. The van der Waals surface area contributed by atoms with Crippen LogP contribution in [0.2, 0.25) is 0 Å². The topological polar surface area (TPSA) is 49.9 Å². The van der Waals surface area contributed by atoms with Gasteiger partial charge in [0.1, 0.15) is 5.03 Å². The second-order valence-electron chi connectivity index (χ2n) is 2.92. The average Bonchev–Trinajstić information content (AvgIpc) is 2.45. The molecule has 1 heterocycles. The van der Waals surface area contributed by atoms with Crippen LogP contribution in [0.25, 0.3) is 10.9 Å². The van der Waals surface area contributed by atoms with E-state index in [9.17, 15) is 8.42 Å². The molecule has 0 aliphatic carbocycles. The summed E-state index contributed by atoms with van der Waals surface area (Å²) in [5.74, 6) is 0. The number of H-pyrrole nitrogens is 1. The molecule has 0 bridgehead atoms. The molecule has 1 aromatic heterocycles. The highest BCUT2D eigenvalue weighted by molar-refractivity contribution is 7.90. The van der Waals surface area contributed by atoms with Crippen LogP contribution < -0.4 is 0 Å². The highest BCUT2D eigenvalue weighted by atomic mass is 32.2. The summed E-state index contributed by atoms with van der Waals surface area (Å²) in [5.41, 5.74) is 0.819. The largest absolute Gasteiger partial charge is 0.346 e. The number of aromatic nitrogens is 1. The standard InChI is InChI=1S/C9H8NO2S/c1-13(11,12)9-6-7-4-2-3-5-8(7)10-9/h3-6,10H,1H3. The Bertz CT molecular complexity index is 506. The van der Waals surface area contributed by atoms with Crippen LogP contribution in [-0.4, -0.2) is 19.7 Å². The molecule has 0 fully saturated rings. The van der Waals surface area contributed by atoms with Crippen molar-refractivity contribution in [3.63, 3.8) is 0 Å². The number of nitrogens with one attached hydrogen (secondary N) is 1. The first-order valence-corrected chi connectivity index (χ1v) is 5.65. The van der Waals surface area contributed by atoms with E-state index in [1.165, 1.54) is 6.26 Å². The van der Waals surface area contributed by atoms with Gasteiger partial charge in [-0.05, 0) is 24.3 Å². The molecule has 67 valence electrons. The summed E-state index contributed by atoms with van der Waals surface area (Å²) in [5, 5.41) is 1.12. The molecule has 1 aromatic carbocycles. The Morgan fingerprint density at radius 1 is 1.46 bits per heavy atom. The molecular formula is C9H8NO2S. The predicted molar refractivity (Wildman–Crippen MR) is 50.2 cm³/mol. The SMILES string of the molecule is CS(=O)(=O)c1cc2c[c]ccc2[nH]1. The lowest BCUT2D eigenvalue weighted by molar-refractivity contribution is 0.599. The van der Waals surface area contributed by atoms with Gasteiger partial charge < -0.3 is 4.98 Å². The second-order valence-corrected chi connectivity index (χ2v) is 4.90. The van der Waals surface area contributed by atoms with E-state index in [1.807, 2.05) is 0 Å². The van der Waals surface area contributed by atoms with Gasteiger partial charge in [0.2, 0.25) is 0 Å². The predicted octanol–water partition coefficient (Wildman–Crippen LogP) is 1.37. The van der Waals surface area contributed by atoms with Crippen molar-refractivity contribution in [1.29, 1.82) is 0 Å². The van der Waals surface area contributed by atoms with Gasteiger partial charge >= 0.3 is 0 Å². The quantitative estimate of drug-likeness (QED) is 0.745. The van der Waals surface area contributed by atoms with Crippen LogP contribution in [0, 0.1) is 6.07 Å². The minimum absolute atomic E-state index is 0.252. The first-order valence-electron chi connectivity index (χ1n) is 3.76. The van der Waals surface area contributed by atoms with Gasteiger partial charge in [0.05, 0.1) is 0 Å². The number of fused-ring (bicyclic) bond motifs is 1. The number of sulfone groups is 1. The minimum Gasteiger partial charge on any atom is -0.346 e. The third-order valence-corrected chi connectivity index (χ3v) is 2.86. The smallest absolute Gasteiger partial charge is 0.190 e. The van der Waals surface area contributed by atoms with E-state index in [0.717, 1.165) is 10.9 Å². The highest BCUT2D eigenvalue weighted by Gasteiger charge is 2.09. The Balaban J connectivity index is 2.77. The molecule has 2 aromatic rings. The lowest BCUT2D eigenvalue weighted by Crippen LogP contribution is -1.96. The normalized spacial score (nSPS) is 12.1. The molecule has 0 amide bonds. The number of benzene rings is 1. The lowest BCUT2D eigenvalue weighted by atomic mass is 10.3. The molecule has 4 heteroatoms. The molecule has 0 aliphatic heterocycles. The fraction of sp³-hybridized carbons (Fsp3) is 0.111. The average molecular weight is 194 g/mol. The second kappa shape index (κ2) is 2.60. The van der Waals surface area contributed by atoms with Crippen molar-refractivity contribution in [2.45, 2.75) is 5.03 Å². The first-order chi connectivity index (χ1) is 6.07. The minimum atomic E-state index is -3.13. The fourth-order valence-electron chi connectivity index (χ4n) is 1.19. The lowest BCUT2D eigenvalue weighted by Gasteiger charge is -1.89. The maximum Gasteiger partial charge on any atom is 0.190 e. The van der Waals surface area contributed by atoms with Crippen molar-refractivity contribution in [2.24, 2.45) is 0 Å². The molecule has 1 radical (unpaired) electrons. The van der Waals surface area contributed by atoms with E-state index >= 15 is 0 Å². The van der Waals surface area contributed by atoms with Crippen LogP contribution in [0.3, 0.4) is 0 Å². The Morgan fingerprint density at radius 3 is 2.85 bits per heavy atom. The Morgan fingerprint density at radius 2 is 2.23 bits per heavy atom. The molecule has 3 nitrogen and oxygen atoms in total. The molecule has 2 rings (SSSR count). The third-order valence-electron chi connectivity index (χ3n) is 1.84. The van der Waals surface area contributed by atoms with Crippen molar-refractivity contribution in [2.75, 3.05) is 6.26 Å². The summed E-state index contributed by atoms with van der Waals surface area (Å²) in [6.45, 7) is 0. The third kappa shape index (κ3) is 1.45. The van der Waals surface area contributed by atoms with Crippen LogP contribution in [-0.2, 0) is 9.84 Å². The highest BCUT2D eigenvalue weighted by Crippen LogP contribution is 2.17. The summed E-state index contributed by atoms with van der Waals surface area (Å²) in [6.07, 6.45) is 1.18. The summed E-state index contributed by atoms with van der Waals surface area (Å²) in [6, 6.07) is 9.78. The van der Waals surface area contributed by atoms with E-state index in [4.69, 9.17) is 0 Å². The molecular weight excluding hydrogens is 186 g/mol. The molecule has 0 spiro atoms. The zero-order chi connectivity index (χ0) is 9.47. The fourth-order valence-corrected chi connectivity index (χ4v) is 1.82. The van der Waals surface area contributed by atoms with Crippen molar-refractivity contribution in [3.05, 3.63) is 30.3 Å². The van der Waals surface area contributed by atoms with Gasteiger partial charge in [-0.25, -0.2) is 8.42 Å². The molecule has 0 aliphatic rings. The van der Waals surface area contributed by atoms with Crippen molar-refractivity contribution in [1.82, 2.24) is 4.98 Å². The van der Waals surface area contributed by atoms with E-state index in [1.54, 1.807) is 24.3 Å². The Kier molecular flexibility index (Phi) is 1.66. The summed E-state index contributed by atoms with van der Waals surface area (Å²) >= 11 is 0. The summed E-state index contributed by atoms with van der Waals surface area (Å²) in [4.78, 5) is 2.83. The molecule has 1 N–H and O–H groups in total. The maximum atomic E-state index is 11.2. The van der Waals surface area contributed by atoms with Crippen molar-refractivity contribution in [3.8, 4) is 0 Å². The zero-order valence-corrected chi connectivity index (χ0v) is 7.85. The van der Waals surface area contributed by atoms with E-state index in [-0.39, 0.29) is 5.03 Å². The summed E-state index contributed by atoms with van der Waals surface area (Å²) < 4.78 is 22.3. The number of hydrogen-bond donors (Lipinski definition) is 1. The Labute approximate surface area is 76.3 Å². The van der Waals surface area contributed by atoms with Crippen LogP contribution in [0.4, 0.5) is 0 Å². The van der Waals surface area contributed by atoms with E-state index < -0.39 is 9.84 Å². The first kappa shape index (κ1) is 8.31. The molecule has 13 heavy (non-hydrogen) atoms. The zero-order valence-electron chi connectivity index (χ0n) is 7.03. The van der Waals surface area contributed by atoms with E-state index in [0.29, 0.717) is 0 Å². The van der Waals surface area contributed by atoms with Crippen molar-refractivity contribution < 1.29 is 8.42 Å². The monoisotopic (exact) mass is 194 g/mol. The van der Waals surface area contributed by atoms with Gasteiger partial charge in [-0.3, -0.25) is 0 Å². The van der Waals surface area contributed by atoms with Crippen LogP contribution in [0.1, 0.15) is 0 Å². The van der Waals surface area contributed by atoms with Crippen LogP contribution in [0.5, 0.6) is 0 Å². The van der Waals surface area contributed by atoms with Gasteiger partial charge in [0.25, 0.3) is 0 Å². The Hall–Kier alpha value is -1.29. The van der Waals surface area contributed by atoms with Crippen LogP contribution >= 0.6 is 0 Å². The number of rotatable bonds is 1. The van der Waals surface area contributed by atoms with Gasteiger partial charge in [0, 0.05) is 17.2 Å². The van der Waals surface area contributed by atoms with Gasteiger partial charge in [0.15, 0.2) is 9.84 Å². The van der Waals surface area contributed by atoms with Gasteiger partial charge in [-0.15, -0.1) is 0 Å². The van der Waals surface area contributed by atoms with Crippen molar-refractivity contribution >= 4 is 20.7 Å². The molecule has 0 saturated carbocycles. The summed E-state index contributed by atoms with van der Waals surface area (Å²) in [7, 11) is -3.13. The molecule has 0 atom stereocenters. The molecule has 0 saturated heterocycles. The molecule has 0 unspecified atom stereocenters. The van der Waals surface area contributed by atoms with Crippen LogP contribution in [0.15, 0.2) is 29.3 Å². The number of aromatic amines is 1. The van der Waals surface area contributed by atoms with E-state index in [2.05, 4.69) is 11.1 Å². The van der Waals surface area contributed by atoms with Gasteiger partial charge in [-0.2, -0.15) is 0 Å².